The molecule has 0 bridgehead atoms. The Hall–Kier alpha value is -0.390. The molecule has 1 rings (SSSR count). The molecule has 0 aromatic heterocycles. The fourth-order valence-corrected chi connectivity index (χ4v) is 3.62. The Kier molecular flexibility index (Phi) is 6.50. The molecule has 0 aliphatic carbocycles. The van der Waals surface area contributed by atoms with Gasteiger partial charge in [0.15, 0.2) is 0 Å². The molecule has 0 radical (unpaired) electrons. The Morgan fingerprint density at radius 1 is 1.32 bits per heavy atom. The van der Waals surface area contributed by atoms with E-state index in [-0.39, 0.29) is 17.5 Å². The molecular formula is C14H22BrNO2S. The molecule has 19 heavy (non-hydrogen) atoms. The maximum atomic E-state index is 11.5. The molecule has 0 amide bonds. The Morgan fingerprint density at radius 3 is 2.53 bits per heavy atom. The minimum atomic E-state index is -2.86. The Bertz CT molecular complexity index is 494. The maximum absolute atomic E-state index is 11.5. The standard InChI is InChI=1S/C14H22BrNO2S/c1-4-19(17,18)7-5-6-14(16-3)12-8-11(2)9-13(15)10-12/h8-10,14,16H,4-7H2,1-3H3. The van der Waals surface area contributed by atoms with E-state index in [0.29, 0.717) is 6.42 Å². The smallest absolute Gasteiger partial charge is 0.150 e. The van der Waals surface area contributed by atoms with E-state index < -0.39 is 9.84 Å². The lowest BCUT2D eigenvalue weighted by Gasteiger charge is -2.17. The van der Waals surface area contributed by atoms with Crippen LogP contribution in [0.25, 0.3) is 0 Å². The fraction of sp³-hybridized carbons (Fsp3) is 0.571. The summed E-state index contributed by atoms with van der Waals surface area (Å²) in [6.45, 7) is 3.76. The molecule has 1 aromatic rings. The molecule has 108 valence electrons. The molecule has 3 nitrogen and oxygen atoms in total. The van der Waals surface area contributed by atoms with Crippen molar-refractivity contribution in [2.75, 3.05) is 18.6 Å². The van der Waals surface area contributed by atoms with Gasteiger partial charge in [-0.3, -0.25) is 0 Å². The van der Waals surface area contributed by atoms with Gasteiger partial charge in [0.1, 0.15) is 9.84 Å². The van der Waals surface area contributed by atoms with Crippen molar-refractivity contribution in [2.45, 2.75) is 32.7 Å². The van der Waals surface area contributed by atoms with Gasteiger partial charge in [0.2, 0.25) is 0 Å². The molecule has 0 saturated carbocycles. The first-order valence-electron chi connectivity index (χ1n) is 6.52. The number of rotatable bonds is 7. The minimum Gasteiger partial charge on any atom is -0.313 e. The zero-order valence-electron chi connectivity index (χ0n) is 11.7. The Morgan fingerprint density at radius 2 is 2.00 bits per heavy atom. The van der Waals surface area contributed by atoms with Gasteiger partial charge < -0.3 is 5.32 Å². The maximum Gasteiger partial charge on any atom is 0.150 e. The second-order valence-corrected chi connectivity index (χ2v) is 8.17. The third-order valence-electron chi connectivity index (χ3n) is 3.20. The van der Waals surface area contributed by atoms with Crippen LogP contribution in [0.1, 0.15) is 36.9 Å². The van der Waals surface area contributed by atoms with Gasteiger partial charge in [-0.2, -0.15) is 0 Å². The first kappa shape index (κ1) is 16.7. The summed E-state index contributed by atoms with van der Waals surface area (Å²) in [6, 6.07) is 6.49. The van der Waals surface area contributed by atoms with Crippen LogP contribution in [0, 0.1) is 6.92 Å². The predicted molar refractivity (Wildman–Crippen MR) is 84.2 cm³/mol. The Labute approximate surface area is 124 Å². The lowest BCUT2D eigenvalue weighted by atomic mass is 10.0. The van der Waals surface area contributed by atoms with Gasteiger partial charge in [0, 0.05) is 16.3 Å². The second kappa shape index (κ2) is 7.41. The summed E-state index contributed by atoms with van der Waals surface area (Å²) in [5.74, 6) is 0.502. The zero-order valence-corrected chi connectivity index (χ0v) is 14.1. The van der Waals surface area contributed by atoms with Crippen molar-refractivity contribution in [2.24, 2.45) is 0 Å². The molecule has 0 fully saturated rings. The summed E-state index contributed by atoms with van der Waals surface area (Å²) in [6.07, 6.45) is 1.51. The SMILES string of the molecule is CCS(=O)(=O)CCCC(NC)c1cc(C)cc(Br)c1. The van der Waals surface area contributed by atoms with Crippen LogP contribution in [0.4, 0.5) is 0 Å². The van der Waals surface area contributed by atoms with E-state index in [4.69, 9.17) is 0 Å². The van der Waals surface area contributed by atoms with E-state index in [1.807, 2.05) is 7.05 Å². The van der Waals surface area contributed by atoms with Crippen LogP contribution in [0.5, 0.6) is 0 Å². The van der Waals surface area contributed by atoms with Gasteiger partial charge in [0.25, 0.3) is 0 Å². The minimum absolute atomic E-state index is 0.197. The molecule has 0 aliphatic rings. The highest BCUT2D eigenvalue weighted by atomic mass is 79.9. The molecule has 1 N–H and O–H groups in total. The van der Waals surface area contributed by atoms with Crippen LogP contribution in [-0.2, 0) is 9.84 Å². The first-order chi connectivity index (χ1) is 8.88. The third-order valence-corrected chi connectivity index (χ3v) is 5.45. The van der Waals surface area contributed by atoms with E-state index in [1.165, 1.54) is 11.1 Å². The van der Waals surface area contributed by atoms with Crippen LogP contribution >= 0.6 is 15.9 Å². The normalized spacial score (nSPS) is 13.5. The van der Waals surface area contributed by atoms with Crippen molar-refractivity contribution in [1.82, 2.24) is 5.32 Å². The number of sulfone groups is 1. The second-order valence-electron chi connectivity index (χ2n) is 4.78. The summed E-state index contributed by atoms with van der Waals surface area (Å²) in [7, 11) is -0.947. The highest BCUT2D eigenvalue weighted by molar-refractivity contribution is 9.10. The molecular weight excluding hydrogens is 326 g/mol. The molecule has 0 saturated heterocycles. The summed E-state index contributed by atoms with van der Waals surface area (Å²) in [5, 5.41) is 3.26. The predicted octanol–water partition coefficient (Wildman–Crippen LogP) is 3.23. The van der Waals surface area contributed by atoms with Gasteiger partial charge in [0.05, 0.1) is 5.75 Å². The molecule has 0 aliphatic heterocycles. The van der Waals surface area contributed by atoms with E-state index in [2.05, 4.69) is 46.4 Å². The summed E-state index contributed by atoms with van der Waals surface area (Å²) in [5.41, 5.74) is 2.40. The first-order valence-corrected chi connectivity index (χ1v) is 9.14. The number of hydrogen-bond acceptors (Lipinski definition) is 3. The molecule has 5 heteroatoms. The van der Waals surface area contributed by atoms with Gasteiger partial charge in [-0.15, -0.1) is 0 Å². The van der Waals surface area contributed by atoms with Gasteiger partial charge >= 0.3 is 0 Å². The average molecular weight is 348 g/mol. The summed E-state index contributed by atoms with van der Waals surface area (Å²) >= 11 is 3.50. The molecule has 0 spiro atoms. The van der Waals surface area contributed by atoms with Crippen molar-refractivity contribution >= 4 is 25.8 Å². The number of halogens is 1. The molecule has 1 atom stereocenters. The van der Waals surface area contributed by atoms with Gasteiger partial charge in [-0.1, -0.05) is 28.9 Å². The fourth-order valence-electron chi connectivity index (χ4n) is 2.10. The van der Waals surface area contributed by atoms with Crippen LogP contribution in [-0.4, -0.2) is 27.0 Å². The van der Waals surface area contributed by atoms with Gasteiger partial charge in [-0.05, 0) is 50.1 Å². The summed E-state index contributed by atoms with van der Waals surface area (Å²) < 4.78 is 24.0. The summed E-state index contributed by atoms with van der Waals surface area (Å²) in [4.78, 5) is 0. The van der Waals surface area contributed by atoms with Crippen LogP contribution < -0.4 is 5.32 Å². The van der Waals surface area contributed by atoms with Crippen molar-refractivity contribution in [3.8, 4) is 0 Å². The lowest BCUT2D eigenvalue weighted by Crippen LogP contribution is -2.18. The van der Waals surface area contributed by atoms with Crippen molar-refractivity contribution in [3.05, 3.63) is 33.8 Å². The van der Waals surface area contributed by atoms with Crippen LogP contribution in [0.3, 0.4) is 0 Å². The molecule has 0 heterocycles. The number of benzene rings is 1. The van der Waals surface area contributed by atoms with E-state index in [1.54, 1.807) is 6.92 Å². The largest absolute Gasteiger partial charge is 0.313 e. The van der Waals surface area contributed by atoms with E-state index >= 15 is 0 Å². The zero-order chi connectivity index (χ0) is 14.5. The molecule has 1 unspecified atom stereocenters. The van der Waals surface area contributed by atoms with E-state index in [9.17, 15) is 8.42 Å². The topological polar surface area (TPSA) is 46.2 Å². The highest BCUT2D eigenvalue weighted by Crippen LogP contribution is 2.23. The van der Waals surface area contributed by atoms with Crippen molar-refractivity contribution in [1.29, 1.82) is 0 Å². The quantitative estimate of drug-likeness (QED) is 0.823. The number of hydrogen-bond donors (Lipinski definition) is 1. The monoisotopic (exact) mass is 347 g/mol. The van der Waals surface area contributed by atoms with Crippen LogP contribution in [0.2, 0.25) is 0 Å². The highest BCUT2D eigenvalue weighted by Gasteiger charge is 2.13. The van der Waals surface area contributed by atoms with E-state index in [0.717, 1.165) is 10.9 Å². The lowest BCUT2D eigenvalue weighted by molar-refractivity contribution is 0.535. The Balaban J connectivity index is 2.68. The molecule has 1 aromatic carbocycles. The number of aryl methyl sites for hydroxylation is 1. The van der Waals surface area contributed by atoms with Crippen molar-refractivity contribution in [3.63, 3.8) is 0 Å². The third kappa shape index (κ3) is 5.63. The number of nitrogens with one attached hydrogen (secondary N) is 1. The average Bonchev–Trinajstić information content (AvgIpc) is 2.33. The van der Waals surface area contributed by atoms with Crippen molar-refractivity contribution < 1.29 is 8.42 Å². The van der Waals surface area contributed by atoms with Crippen LogP contribution in [0.15, 0.2) is 22.7 Å². The van der Waals surface area contributed by atoms with Gasteiger partial charge in [-0.25, -0.2) is 8.42 Å².